The normalized spacial score (nSPS) is 13.2. The Labute approximate surface area is 113 Å². The summed E-state index contributed by atoms with van der Waals surface area (Å²) in [7, 11) is 1.36. The van der Waals surface area contributed by atoms with E-state index in [9.17, 15) is 22.4 Å². The maximum absolute atomic E-state index is 13.5. The smallest absolute Gasteiger partial charge is 0.338 e. The van der Waals surface area contributed by atoms with Gasteiger partial charge in [-0.25, -0.2) is 4.39 Å². The van der Waals surface area contributed by atoms with Crippen LogP contribution in [0.25, 0.3) is 0 Å². The minimum absolute atomic E-state index is 0.100. The Balaban J connectivity index is 3.16. The molecule has 0 heterocycles. The van der Waals surface area contributed by atoms with Crippen molar-refractivity contribution < 1.29 is 22.4 Å². The van der Waals surface area contributed by atoms with Gasteiger partial charge in [-0.2, -0.15) is 13.2 Å². The summed E-state index contributed by atoms with van der Waals surface area (Å²) in [6, 6.07) is 1.32. The van der Waals surface area contributed by atoms with Crippen molar-refractivity contribution in [3.8, 4) is 0 Å². The van der Waals surface area contributed by atoms with Crippen molar-refractivity contribution in [2.45, 2.75) is 19.1 Å². The van der Waals surface area contributed by atoms with E-state index in [0.717, 1.165) is 4.90 Å². The number of rotatable bonds is 3. The van der Waals surface area contributed by atoms with Gasteiger partial charge in [0.15, 0.2) is 0 Å². The van der Waals surface area contributed by atoms with Gasteiger partial charge >= 0.3 is 6.18 Å². The lowest BCUT2D eigenvalue weighted by atomic mass is 10.1. The third kappa shape index (κ3) is 3.59. The van der Waals surface area contributed by atoms with E-state index in [-0.39, 0.29) is 5.88 Å². The fourth-order valence-corrected chi connectivity index (χ4v) is 1.57. The fourth-order valence-electron chi connectivity index (χ4n) is 1.36. The van der Waals surface area contributed by atoms with Crippen molar-refractivity contribution in [3.63, 3.8) is 0 Å². The van der Waals surface area contributed by atoms with Crippen LogP contribution in [0.4, 0.5) is 17.6 Å². The van der Waals surface area contributed by atoms with E-state index in [2.05, 4.69) is 0 Å². The molecular formula is C12H12ClF4NO. The number of benzene rings is 1. The molecule has 19 heavy (non-hydrogen) atoms. The van der Waals surface area contributed by atoms with Crippen LogP contribution in [0.3, 0.4) is 0 Å². The molecule has 1 aromatic carbocycles. The molecule has 0 N–H and O–H groups in total. The highest BCUT2D eigenvalue weighted by Crippen LogP contribution is 2.30. The number of hydrogen-bond donors (Lipinski definition) is 0. The van der Waals surface area contributed by atoms with E-state index in [1.54, 1.807) is 6.92 Å². The number of halogens is 5. The van der Waals surface area contributed by atoms with Crippen molar-refractivity contribution in [1.29, 1.82) is 0 Å². The average Bonchev–Trinajstić information content (AvgIpc) is 2.35. The van der Waals surface area contributed by atoms with Crippen LogP contribution in [0.2, 0.25) is 0 Å². The number of alkyl halides is 4. The molecule has 1 amide bonds. The molecule has 0 aliphatic carbocycles. The quantitative estimate of drug-likeness (QED) is 0.617. The molecule has 0 saturated carbocycles. The first kappa shape index (κ1) is 15.8. The van der Waals surface area contributed by atoms with E-state index in [1.807, 2.05) is 0 Å². The lowest BCUT2D eigenvalue weighted by Crippen LogP contribution is -2.36. The number of carbonyl (C=O) groups excluding carboxylic acids is 1. The monoisotopic (exact) mass is 297 g/mol. The highest BCUT2D eigenvalue weighted by Gasteiger charge is 2.32. The van der Waals surface area contributed by atoms with Gasteiger partial charge in [0.1, 0.15) is 5.82 Å². The maximum Gasteiger partial charge on any atom is 0.416 e. The third-order valence-electron chi connectivity index (χ3n) is 2.73. The SMILES string of the molecule is CC(CCl)N(C)C(=O)c1cc(C(F)(F)F)ccc1F. The van der Waals surface area contributed by atoms with Crippen molar-refractivity contribution in [2.75, 3.05) is 12.9 Å². The van der Waals surface area contributed by atoms with Gasteiger partial charge in [-0.05, 0) is 25.1 Å². The summed E-state index contributed by atoms with van der Waals surface area (Å²) in [5.74, 6) is -1.73. The summed E-state index contributed by atoms with van der Waals surface area (Å²) >= 11 is 5.55. The summed E-state index contributed by atoms with van der Waals surface area (Å²) < 4.78 is 51.0. The minimum Gasteiger partial charge on any atom is -0.338 e. The first-order chi connectivity index (χ1) is 8.68. The molecule has 106 valence electrons. The van der Waals surface area contributed by atoms with Gasteiger partial charge in [0.05, 0.1) is 11.1 Å². The molecule has 1 unspecified atom stereocenters. The van der Waals surface area contributed by atoms with Gasteiger partial charge in [0.25, 0.3) is 5.91 Å². The second-order valence-corrected chi connectivity index (χ2v) is 4.42. The van der Waals surface area contributed by atoms with Crippen molar-refractivity contribution in [1.82, 2.24) is 4.90 Å². The highest BCUT2D eigenvalue weighted by molar-refractivity contribution is 6.18. The zero-order chi connectivity index (χ0) is 14.8. The van der Waals surface area contributed by atoms with E-state index in [0.29, 0.717) is 18.2 Å². The molecular weight excluding hydrogens is 286 g/mol. The first-order valence-electron chi connectivity index (χ1n) is 5.38. The standard InChI is InChI=1S/C12H12ClF4NO/c1-7(6-13)18(2)11(19)9-5-8(12(15,16)17)3-4-10(9)14/h3-5,7H,6H2,1-2H3. The molecule has 0 spiro atoms. The summed E-state index contributed by atoms with van der Waals surface area (Å²) in [4.78, 5) is 13.0. The zero-order valence-corrected chi connectivity index (χ0v) is 11.0. The zero-order valence-electron chi connectivity index (χ0n) is 10.3. The topological polar surface area (TPSA) is 20.3 Å². The largest absolute Gasteiger partial charge is 0.416 e. The summed E-state index contributed by atoms with van der Waals surface area (Å²) in [6.45, 7) is 1.61. The molecule has 0 bridgehead atoms. The van der Waals surface area contributed by atoms with Gasteiger partial charge in [-0.15, -0.1) is 11.6 Å². The van der Waals surface area contributed by atoms with E-state index < -0.39 is 35.1 Å². The van der Waals surface area contributed by atoms with Crippen LogP contribution < -0.4 is 0 Å². The number of hydrogen-bond acceptors (Lipinski definition) is 1. The van der Waals surface area contributed by atoms with E-state index in [1.165, 1.54) is 7.05 Å². The first-order valence-corrected chi connectivity index (χ1v) is 5.91. The molecule has 0 fully saturated rings. The van der Waals surface area contributed by atoms with Gasteiger partial charge in [0.2, 0.25) is 0 Å². The molecule has 0 saturated heterocycles. The van der Waals surface area contributed by atoms with Crippen LogP contribution in [-0.4, -0.2) is 29.8 Å². The Morgan fingerprint density at radius 3 is 2.47 bits per heavy atom. The van der Waals surface area contributed by atoms with E-state index in [4.69, 9.17) is 11.6 Å². The Morgan fingerprint density at radius 1 is 1.42 bits per heavy atom. The number of amides is 1. The van der Waals surface area contributed by atoms with Crippen molar-refractivity contribution >= 4 is 17.5 Å². The van der Waals surface area contributed by atoms with Crippen molar-refractivity contribution in [2.24, 2.45) is 0 Å². The van der Waals surface area contributed by atoms with Gasteiger partial charge in [0, 0.05) is 19.0 Å². The lowest BCUT2D eigenvalue weighted by Gasteiger charge is -2.23. The molecule has 0 aromatic heterocycles. The predicted octanol–water partition coefficient (Wildman–Crippen LogP) is 3.54. The summed E-state index contributed by atoms with van der Waals surface area (Å²) in [5, 5.41) is 0. The van der Waals surface area contributed by atoms with Crippen LogP contribution >= 0.6 is 11.6 Å². The number of nitrogens with zero attached hydrogens (tertiary/aromatic N) is 1. The van der Waals surface area contributed by atoms with Gasteiger partial charge in [-0.3, -0.25) is 4.79 Å². The van der Waals surface area contributed by atoms with Crippen LogP contribution in [0.15, 0.2) is 18.2 Å². The molecule has 1 rings (SSSR count). The highest BCUT2D eigenvalue weighted by atomic mass is 35.5. The maximum atomic E-state index is 13.5. The molecule has 1 atom stereocenters. The van der Waals surface area contributed by atoms with Crippen LogP contribution in [0.1, 0.15) is 22.8 Å². The summed E-state index contributed by atoms with van der Waals surface area (Å²) in [6.07, 6.45) is -4.63. The molecule has 0 aliphatic heterocycles. The predicted molar refractivity (Wildman–Crippen MR) is 63.7 cm³/mol. The van der Waals surface area contributed by atoms with Gasteiger partial charge < -0.3 is 4.90 Å². The molecule has 2 nitrogen and oxygen atoms in total. The van der Waals surface area contributed by atoms with E-state index >= 15 is 0 Å². The second-order valence-electron chi connectivity index (χ2n) is 4.11. The molecule has 7 heteroatoms. The van der Waals surface area contributed by atoms with Crippen molar-refractivity contribution in [3.05, 3.63) is 35.1 Å². The van der Waals surface area contributed by atoms with Gasteiger partial charge in [-0.1, -0.05) is 0 Å². The second kappa shape index (κ2) is 5.77. The lowest BCUT2D eigenvalue weighted by molar-refractivity contribution is -0.137. The van der Waals surface area contributed by atoms with Crippen LogP contribution in [-0.2, 0) is 6.18 Å². The third-order valence-corrected chi connectivity index (χ3v) is 3.18. The fraction of sp³-hybridized carbons (Fsp3) is 0.417. The number of carbonyl (C=O) groups is 1. The van der Waals surface area contributed by atoms with Crippen LogP contribution in [0, 0.1) is 5.82 Å². The van der Waals surface area contributed by atoms with Crippen LogP contribution in [0.5, 0.6) is 0 Å². The Hall–Kier alpha value is -1.30. The Morgan fingerprint density at radius 2 is 2.00 bits per heavy atom. The minimum atomic E-state index is -4.63. The molecule has 1 aromatic rings. The Kier molecular flexibility index (Phi) is 4.79. The average molecular weight is 298 g/mol. The molecule has 0 radical (unpaired) electrons. The molecule has 0 aliphatic rings. The Bertz CT molecular complexity index is 475. The summed E-state index contributed by atoms with van der Waals surface area (Å²) in [5.41, 5.74) is -1.68.